The lowest BCUT2D eigenvalue weighted by atomic mass is 10.3. The minimum Gasteiger partial charge on any atom is -0.494 e. The monoisotopic (exact) mass is 414 g/mol. The molecule has 0 aromatic heterocycles. The van der Waals surface area contributed by atoms with Gasteiger partial charge in [0.1, 0.15) is 5.75 Å². The minimum absolute atomic E-state index is 0.101. The molecule has 7 nitrogen and oxygen atoms in total. The Hall–Kier alpha value is -2.09. The third-order valence-corrected chi connectivity index (χ3v) is 3.47. The van der Waals surface area contributed by atoms with E-state index in [1.54, 1.807) is 13.8 Å². The molecular weight excluding hydrogens is 392 g/mol. The molecule has 0 aliphatic carbocycles. The van der Waals surface area contributed by atoms with Crippen molar-refractivity contribution in [2.24, 2.45) is 0 Å². The molecule has 2 N–H and O–H groups in total. The van der Waals surface area contributed by atoms with Gasteiger partial charge in [0.05, 0.1) is 6.61 Å². The maximum Gasteiger partial charge on any atom is 0.321 e. The molecule has 0 spiro atoms. The van der Waals surface area contributed by atoms with E-state index < -0.39 is 24.0 Å². The Morgan fingerprint density at radius 1 is 1.12 bits per heavy atom. The van der Waals surface area contributed by atoms with Crippen molar-refractivity contribution < 1.29 is 23.9 Å². The summed E-state index contributed by atoms with van der Waals surface area (Å²) in [7, 11) is 0. The van der Waals surface area contributed by atoms with Gasteiger partial charge in [-0.3, -0.25) is 14.9 Å². The summed E-state index contributed by atoms with van der Waals surface area (Å²) in [5.41, 5.74) is 0. The molecule has 0 bridgehead atoms. The van der Waals surface area contributed by atoms with Gasteiger partial charge >= 0.3 is 12.0 Å². The third-order valence-electron chi connectivity index (χ3n) is 2.94. The number of esters is 1. The van der Waals surface area contributed by atoms with Crippen LogP contribution >= 0.6 is 15.9 Å². The van der Waals surface area contributed by atoms with Crippen LogP contribution < -0.4 is 15.4 Å². The molecule has 3 amide bonds. The summed E-state index contributed by atoms with van der Waals surface area (Å²) in [5, 5.41) is 4.63. The Morgan fingerprint density at radius 3 is 2.36 bits per heavy atom. The van der Waals surface area contributed by atoms with E-state index >= 15 is 0 Å². The van der Waals surface area contributed by atoms with Crippen LogP contribution in [0.25, 0.3) is 0 Å². The van der Waals surface area contributed by atoms with Crippen LogP contribution in [-0.4, -0.2) is 36.7 Å². The number of imide groups is 1. The number of halogens is 1. The second-order valence-electron chi connectivity index (χ2n) is 5.66. The zero-order chi connectivity index (χ0) is 18.8. The van der Waals surface area contributed by atoms with Gasteiger partial charge in [-0.1, -0.05) is 15.9 Å². The van der Waals surface area contributed by atoms with Gasteiger partial charge in [-0.15, -0.1) is 0 Å². The van der Waals surface area contributed by atoms with Crippen LogP contribution in [0.4, 0.5) is 4.79 Å². The van der Waals surface area contributed by atoms with Crippen molar-refractivity contribution >= 4 is 33.8 Å². The lowest BCUT2D eigenvalue weighted by molar-refractivity contribution is -0.154. The van der Waals surface area contributed by atoms with Crippen molar-refractivity contribution in [2.45, 2.75) is 45.8 Å². The summed E-state index contributed by atoms with van der Waals surface area (Å²) in [6.07, 6.45) is -0.471. The highest BCUT2D eigenvalue weighted by Gasteiger charge is 2.19. The summed E-state index contributed by atoms with van der Waals surface area (Å²) in [6, 6.07) is 6.63. The van der Waals surface area contributed by atoms with Gasteiger partial charge in [0.2, 0.25) is 0 Å². The summed E-state index contributed by atoms with van der Waals surface area (Å²) in [5.74, 6) is -0.482. The predicted octanol–water partition coefficient (Wildman–Crippen LogP) is 2.77. The second-order valence-corrected chi connectivity index (χ2v) is 6.57. The molecule has 25 heavy (non-hydrogen) atoms. The molecular formula is C17H23BrN2O5. The maximum absolute atomic E-state index is 11.7. The van der Waals surface area contributed by atoms with E-state index in [1.165, 1.54) is 6.92 Å². The number of hydrogen-bond donors (Lipinski definition) is 2. The van der Waals surface area contributed by atoms with Gasteiger partial charge in [-0.05, 0) is 51.5 Å². The van der Waals surface area contributed by atoms with Crippen molar-refractivity contribution in [1.29, 1.82) is 0 Å². The van der Waals surface area contributed by atoms with Gasteiger partial charge in [0.15, 0.2) is 6.10 Å². The zero-order valence-electron chi connectivity index (χ0n) is 14.5. The summed E-state index contributed by atoms with van der Waals surface area (Å²) < 4.78 is 11.4. The molecule has 1 rings (SSSR count). The van der Waals surface area contributed by atoms with E-state index in [9.17, 15) is 14.4 Å². The minimum atomic E-state index is -1.04. The first kappa shape index (κ1) is 21.0. The Labute approximate surface area is 155 Å². The molecule has 1 aromatic rings. The smallest absolute Gasteiger partial charge is 0.321 e. The first-order valence-electron chi connectivity index (χ1n) is 7.97. The molecule has 0 aliphatic heterocycles. The van der Waals surface area contributed by atoms with Gasteiger partial charge in [0, 0.05) is 16.9 Å². The van der Waals surface area contributed by atoms with Crippen LogP contribution in [0.15, 0.2) is 28.7 Å². The molecule has 0 fully saturated rings. The van der Waals surface area contributed by atoms with Crippen LogP contribution in [0.5, 0.6) is 5.75 Å². The zero-order valence-corrected chi connectivity index (χ0v) is 16.1. The van der Waals surface area contributed by atoms with Gasteiger partial charge in [-0.25, -0.2) is 4.79 Å². The Bertz CT molecular complexity index is 589. The highest BCUT2D eigenvalue weighted by molar-refractivity contribution is 9.10. The van der Waals surface area contributed by atoms with Crippen molar-refractivity contribution in [1.82, 2.24) is 10.6 Å². The molecule has 0 saturated carbocycles. The highest BCUT2D eigenvalue weighted by Crippen LogP contribution is 2.16. The largest absolute Gasteiger partial charge is 0.494 e. The number of carbonyl (C=O) groups is 3. The van der Waals surface area contributed by atoms with Crippen molar-refractivity contribution in [2.75, 3.05) is 6.61 Å². The van der Waals surface area contributed by atoms with Crippen molar-refractivity contribution in [3.8, 4) is 5.75 Å². The standard InChI is InChI=1S/C17H23BrN2O5/c1-11(2)19-17(23)20-16(22)12(3)25-15(21)5-4-10-24-14-8-6-13(18)7-9-14/h6-9,11-12H,4-5,10H2,1-3H3,(H2,19,20,22,23)/t12-/m0/s1. The van der Waals surface area contributed by atoms with Crippen LogP contribution in [0.2, 0.25) is 0 Å². The SMILES string of the molecule is CC(C)NC(=O)NC(=O)[C@H](C)OC(=O)CCCOc1ccc(Br)cc1. The van der Waals surface area contributed by atoms with Gasteiger partial charge < -0.3 is 14.8 Å². The van der Waals surface area contributed by atoms with Crippen LogP contribution in [-0.2, 0) is 14.3 Å². The average molecular weight is 415 g/mol. The number of nitrogens with one attached hydrogen (secondary N) is 2. The van der Waals surface area contributed by atoms with Crippen molar-refractivity contribution in [3.05, 3.63) is 28.7 Å². The molecule has 0 saturated heterocycles. The number of benzene rings is 1. The van der Waals surface area contributed by atoms with Crippen LogP contribution in [0.1, 0.15) is 33.6 Å². The van der Waals surface area contributed by atoms with E-state index in [1.807, 2.05) is 24.3 Å². The molecule has 1 atom stereocenters. The topological polar surface area (TPSA) is 93.7 Å². The van der Waals surface area contributed by atoms with E-state index in [4.69, 9.17) is 9.47 Å². The van der Waals surface area contributed by atoms with E-state index in [2.05, 4.69) is 26.6 Å². The number of hydrogen-bond acceptors (Lipinski definition) is 5. The number of ether oxygens (including phenoxy) is 2. The van der Waals surface area contributed by atoms with Crippen LogP contribution in [0, 0.1) is 0 Å². The summed E-state index contributed by atoms with van der Waals surface area (Å²) in [4.78, 5) is 34.9. The lowest BCUT2D eigenvalue weighted by Crippen LogP contribution is -2.46. The molecule has 0 heterocycles. The molecule has 0 aliphatic rings. The number of carbonyl (C=O) groups excluding carboxylic acids is 3. The molecule has 0 unspecified atom stereocenters. The summed E-state index contributed by atoms with van der Waals surface area (Å²) >= 11 is 3.33. The van der Waals surface area contributed by atoms with Gasteiger partial charge in [0.25, 0.3) is 5.91 Å². The Kier molecular flexibility index (Phi) is 8.98. The lowest BCUT2D eigenvalue weighted by Gasteiger charge is -2.14. The third kappa shape index (κ3) is 9.09. The fourth-order valence-corrected chi connectivity index (χ4v) is 2.02. The quantitative estimate of drug-likeness (QED) is 0.503. The Balaban J connectivity index is 2.23. The van der Waals surface area contributed by atoms with E-state index in [0.717, 1.165) is 4.47 Å². The van der Waals surface area contributed by atoms with E-state index in [0.29, 0.717) is 18.8 Å². The van der Waals surface area contributed by atoms with Crippen molar-refractivity contribution in [3.63, 3.8) is 0 Å². The average Bonchev–Trinajstić information content (AvgIpc) is 2.52. The Morgan fingerprint density at radius 2 is 1.76 bits per heavy atom. The normalized spacial score (nSPS) is 11.6. The maximum atomic E-state index is 11.7. The molecule has 138 valence electrons. The summed E-state index contributed by atoms with van der Waals surface area (Å²) in [6.45, 7) is 5.30. The predicted molar refractivity (Wildman–Crippen MR) is 96.2 cm³/mol. The fourth-order valence-electron chi connectivity index (χ4n) is 1.76. The highest BCUT2D eigenvalue weighted by atomic mass is 79.9. The second kappa shape index (κ2) is 10.7. The number of amides is 3. The van der Waals surface area contributed by atoms with E-state index in [-0.39, 0.29) is 12.5 Å². The first-order valence-corrected chi connectivity index (χ1v) is 8.76. The molecule has 8 heteroatoms. The number of urea groups is 1. The molecule has 0 radical (unpaired) electrons. The first-order chi connectivity index (χ1) is 11.8. The van der Waals surface area contributed by atoms with Crippen LogP contribution in [0.3, 0.4) is 0 Å². The van der Waals surface area contributed by atoms with Gasteiger partial charge in [-0.2, -0.15) is 0 Å². The number of rotatable bonds is 8. The fraction of sp³-hybridized carbons (Fsp3) is 0.471. The molecule has 1 aromatic carbocycles.